The summed E-state index contributed by atoms with van der Waals surface area (Å²) in [6, 6.07) is 5.01. The third-order valence-corrected chi connectivity index (χ3v) is 2.80. The van der Waals surface area contributed by atoms with Gasteiger partial charge in [0.15, 0.2) is 6.10 Å². The van der Waals surface area contributed by atoms with Gasteiger partial charge in [0.05, 0.1) is 6.61 Å². The summed E-state index contributed by atoms with van der Waals surface area (Å²) in [6.07, 6.45) is -0.174. The van der Waals surface area contributed by atoms with Gasteiger partial charge in [-0.15, -0.1) is 11.6 Å². The maximum absolute atomic E-state index is 10.8. The van der Waals surface area contributed by atoms with Crippen molar-refractivity contribution in [2.75, 3.05) is 12.5 Å². The van der Waals surface area contributed by atoms with E-state index in [2.05, 4.69) is 0 Å². The highest BCUT2D eigenvalue weighted by atomic mass is 35.5. The zero-order chi connectivity index (χ0) is 13.5. The molecule has 18 heavy (non-hydrogen) atoms. The second-order valence-electron chi connectivity index (χ2n) is 3.83. The zero-order valence-electron chi connectivity index (χ0n) is 10.2. The number of aliphatic carboxylic acids is 1. The second kappa shape index (κ2) is 7.24. The van der Waals surface area contributed by atoms with Crippen molar-refractivity contribution in [3.63, 3.8) is 0 Å². The number of carboxylic acids is 1. The minimum Gasteiger partial charge on any atom is -0.494 e. The lowest BCUT2D eigenvalue weighted by molar-refractivity contribution is -0.147. The van der Waals surface area contributed by atoms with Crippen molar-refractivity contribution in [1.29, 1.82) is 0 Å². The van der Waals surface area contributed by atoms with Crippen LogP contribution in [-0.4, -0.2) is 28.7 Å². The summed E-state index contributed by atoms with van der Waals surface area (Å²) in [7, 11) is 0. The van der Waals surface area contributed by atoms with Gasteiger partial charge in [0, 0.05) is 5.88 Å². The molecule has 1 rings (SSSR count). The Hall–Kier alpha value is -1.26. The fourth-order valence-electron chi connectivity index (χ4n) is 1.71. The van der Waals surface area contributed by atoms with Gasteiger partial charge in [-0.3, -0.25) is 0 Å². The molecular weight excluding hydrogens is 256 g/mol. The molecule has 1 aromatic rings. The summed E-state index contributed by atoms with van der Waals surface area (Å²) in [5, 5.41) is 18.5. The van der Waals surface area contributed by atoms with Crippen molar-refractivity contribution in [3.8, 4) is 5.75 Å². The zero-order valence-corrected chi connectivity index (χ0v) is 11.0. The third kappa shape index (κ3) is 3.89. The molecule has 0 saturated carbocycles. The molecule has 5 heteroatoms. The number of hydrogen-bond donors (Lipinski definition) is 2. The Morgan fingerprint density at radius 2 is 2.22 bits per heavy atom. The van der Waals surface area contributed by atoms with Crippen molar-refractivity contribution in [1.82, 2.24) is 0 Å². The summed E-state index contributed by atoms with van der Waals surface area (Å²) in [5.41, 5.74) is 1.16. The van der Waals surface area contributed by atoms with E-state index in [0.29, 0.717) is 30.2 Å². The van der Waals surface area contributed by atoms with Gasteiger partial charge in [0.1, 0.15) is 5.75 Å². The molecule has 1 unspecified atom stereocenters. The van der Waals surface area contributed by atoms with Crippen molar-refractivity contribution in [2.24, 2.45) is 0 Å². The van der Waals surface area contributed by atoms with Crippen LogP contribution in [0.4, 0.5) is 0 Å². The molecule has 4 nitrogen and oxygen atoms in total. The second-order valence-corrected chi connectivity index (χ2v) is 4.20. The van der Waals surface area contributed by atoms with Crippen LogP contribution in [-0.2, 0) is 11.2 Å². The third-order valence-electron chi connectivity index (χ3n) is 2.53. The molecule has 0 aliphatic rings. The first-order chi connectivity index (χ1) is 8.60. The van der Waals surface area contributed by atoms with Crippen molar-refractivity contribution >= 4 is 17.6 Å². The van der Waals surface area contributed by atoms with E-state index in [1.165, 1.54) is 0 Å². The summed E-state index contributed by atoms with van der Waals surface area (Å²) in [6.45, 7) is 2.41. The van der Waals surface area contributed by atoms with E-state index in [0.717, 1.165) is 12.0 Å². The minimum absolute atomic E-state index is 0.399. The molecule has 2 N–H and O–H groups in total. The SMILES string of the molecule is CCOc1ccc(C(O)C(=O)O)c(CCCCl)c1. The number of halogens is 1. The Labute approximate surface area is 111 Å². The van der Waals surface area contributed by atoms with E-state index in [9.17, 15) is 9.90 Å². The average Bonchev–Trinajstić information content (AvgIpc) is 2.36. The largest absolute Gasteiger partial charge is 0.494 e. The van der Waals surface area contributed by atoms with Crippen LogP contribution < -0.4 is 4.74 Å². The van der Waals surface area contributed by atoms with E-state index in [-0.39, 0.29) is 0 Å². The van der Waals surface area contributed by atoms with Gasteiger partial charge in [-0.2, -0.15) is 0 Å². The van der Waals surface area contributed by atoms with Gasteiger partial charge < -0.3 is 14.9 Å². The monoisotopic (exact) mass is 272 g/mol. The Balaban J connectivity index is 3.03. The lowest BCUT2D eigenvalue weighted by Crippen LogP contribution is -2.13. The molecule has 0 radical (unpaired) electrons. The summed E-state index contributed by atoms with van der Waals surface area (Å²) < 4.78 is 5.36. The number of hydrogen-bond acceptors (Lipinski definition) is 3. The minimum atomic E-state index is -1.51. The number of ether oxygens (including phenoxy) is 1. The Bertz CT molecular complexity index is 406. The number of aliphatic hydroxyl groups is 1. The summed E-state index contributed by atoms with van der Waals surface area (Å²) in [4.78, 5) is 10.8. The van der Waals surface area contributed by atoms with Crippen LogP contribution in [0.1, 0.15) is 30.6 Å². The van der Waals surface area contributed by atoms with Crippen LogP contribution in [0, 0.1) is 0 Å². The quantitative estimate of drug-likeness (QED) is 0.748. The molecule has 0 bridgehead atoms. The number of carbonyl (C=O) groups is 1. The first-order valence-electron chi connectivity index (χ1n) is 5.82. The fourth-order valence-corrected chi connectivity index (χ4v) is 1.85. The van der Waals surface area contributed by atoms with Crippen LogP contribution in [0.3, 0.4) is 0 Å². The standard InChI is InChI=1S/C13H17ClO4/c1-2-18-10-5-6-11(12(15)13(16)17)9(8-10)4-3-7-14/h5-6,8,12,15H,2-4,7H2,1H3,(H,16,17). The van der Waals surface area contributed by atoms with E-state index >= 15 is 0 Å². The van der Waals surface area contributed by atoms with Crippen molar-refractivity contribution < 1.29 is 19.7 Å². The number of rotatable bonds is 7. The fraction of sp³-hybridized carbons (Fsp3) is 0.462. The van der Waals surface area contributed by atoms with Crippen LogP contribution in [0.2, 0.25) is 0 Å². The Morgan fingerprint density at radius 3 is 2.78 bits per heavy atom. The van der Waals surface area contributed by atoms with E-state index < -0.39 is 12.1 Å². The highest BCUT2D eigenvalue weighted by Gasteiger charge is 2.19. The number of alkyl halides is 1. The highest BCUT2D eigenvalue weighted by molar-refractivity contribution is 6.17. The Kier molecular flexibility index (Phi) is 5.95. The van der Waals surface area contributed by atoms with Gasteiger partial charge in [-0.25, -0.2) is 4.79 Å². The van der Waals surface area contributed by atoms with Crippen molar-refractivity contribution in [3.05, 3.63) is 29.3 Å². The molecule has 0 heterocycles. The van der Waals surface area contributed by atoms with Crippen molar-refractivity contribution in [2.45, 2.75) is 25.9 Å². The van der Waals surface area contributed by atoms with E-state index in [1.54, 1.807) is 18.2 Å². The lowest BCUT2D eigenvalue weighted by atomic mass is 9.98. The molecule has 1 atom stereocenters. The average molecular weight is 273 g/mol. The molecular formula is C13H17ClO4. The molecule has 0 amide bonds. The normalized spacial score (nSPS) is 12.2. The predicted molar refractivity (Wildman–Crippen MR) is 69.2 cm³/mol. The smallest absolute Gasteiger partial charge is 0.337 e. The molecule has 1 aromatic carbocycles. The maximum Gasteiger partial charge on any atom is 0.337 e. The molecule has 0 saturated heterocycles. The van der Waals surface area contributed by atoms with E-state index in [4.69, 9.17) is 21.4 Å². The molecule has 100 valence electrons. The van der Waals surface area contributed by atoms with E-state index in [1.807, 2.05) is 6.92 Å². The first-order valence-corrected chi connectivity index (χ1v) is 6.36. The van der Waals surface area contributed by atoms with Gasteiger partial charge >= 0.3 is 5.97 Å². The van der Waals surface area contributed by atoms with Crippen LogP contribution in [0.25, 0.3) is 0 Å². The van der Waals surface area contributed by atoms with Gasteiger partial charge in [0.25, 0.3) is 0 Å². The molecule has 0 aromatic heterocycles. The molecule has 0 aliphatic carbocycles. The number of carboxylic acid groups (broad SMARTS) is 1. The van der Waals surface area contributed by atoms with Crippen LogP contribution in [0.15, 0.2) is 18.2 Å². The van der Waals surface area contributed by atoms with Gasteiger partial charge in [-0.05, 0) is 43.0 Å². The topological polar surface area (TPSA) is 66.8 Å². The molecule has 0 aliphatic heterocycles. The maximum atomic E-state index is 10.8. The van der Waals surface area contributed by atoms with Crippen LogP contribution >= 0.6 is 11.6 Å². The number of aryl methyl sites for hydroxylation is 1. The number of benzene rings is 1. The molecule has 0 fully saturated rings. The predicted octanol–water partition coefficient (Wildman–Crippen LogP) is 2.37. The summed E-state index contributed by atoms with van der Waals surface area (Å²) >= 11 is 5.64. The summed E-state index contributed by atoms with van der Waals surface area (Å²) in [5.74, 6) is -0.101. The Morgan fingerprint density at radius 1 is 1.50 bits per heavy atom. The van der Waals surface area contributed by atoms with Crippen LogP contribution in [0.5, 0.6) is 5.75 Å². The van der Waals surface area contributed by atoms with Gasteiger partial charge in [-0.1, -0.05) is 6.07 Å². The molecule has 0 spiro atoms. The van der Waals surface area contributed by atoms with Gasteiger partial charge in [0.2, 0.25) is 0 Å². The highest BCUT2D eigenvalue weighted by Crippen LogP contribution is 2.25. The first kappa shape index (κ1) is 14.8. The number of aliphatic hydroxyl groups excluding tert-OH is 1. The lowest BCUT2D eigenvalue weighted by Gasteiger charge is -2.14.